The molecule has 4 aromatic rings. The number of hydrogen-bond acceptors (Lipinski definition) is 0. The first-order valence-electron chi connectivity index (χ1n) is 6.23. The number of fused-ring (bicyclic) bond motifs is 4. The van der Waals surface area contributed by atoms with E-state index >= 15 is 0 Å². The second-order valence-corrected chi connectivity index (χ2v) is 5.28. The molecule has 0 fully saturated rings. The number of benzene rings is 2. The summed E-state index contributed by atoms with van der Waals surface area (Å²) in [5, 5.41) is 3.16. The number of nitrogens with one attached hydrogen (secondary N) is 1. The zero-order valence-corrected chi connectivity index (χ0v) is 13.7. The molecule has 20 heavy (non-hydrogen) atoms. The number of aryl methyl sites for hydroxylation is 1. The van der Waals surface area contributed by atoms with Crippen molar-refractivity contribution in [3.8, 4) is 0 Å². The van der Waals surface area contributed by atoms with Gasteiger partial charge in [0.05, 0.1) is 10.9 Å². The molecule has 0 saturated heterocycles. The number of aromatic nitrogens is 2. The van der Waals surface area contributed by atoms with Crippen molar-refractivity contribution in [2.75, 3.05) is 0 Å². The molecule has 0 spiro atoms. The molecule has 2 nitrogen and oxygen atoms in total. The van der Waals surface area contributed by atoms with Crippen LogP contribution < -0.4 is 28.5 Å². The Labute approximate surface area is 138 Å². The van der Waals surface area contributed by atoms with Crippen molar-refractivity contribution < 1.29 is 28.5 Å². The monoisotopic (exact) mass is 394 g/mol. The van der Waals surface area contributed by atoms with Crippen molar-refractivity contribution in [2.45, 2.75) is 0 Å². The van der Waals surface area contributed by atoms with Gasteiger partial charge in [0.2, 0.25) is 11.0 Å². The average Bonchev–Trinajstić information content (AvgIpc) is 2.76. The van der Waals surface area contributed by atoms with Gasteiger partial charge in [-0.2, -0.15) is 4.57 Å². The predicted octanol–water partition coefficient (Wildman–Crippen LogP) is 0.956. The maximum absolute atomic E-state index is 6.08. The van der Waals surface area contributed by atoms with Crippen LogP contribution in [0, 0.1) is 0 Å². The van der Waals surface area contributed by atoms with Gasteiger partial charge in [-0.3, -0.25) is 0 Å². The van der Waals surface area contributed by atoms with Crippen LogP contribution in [0.5, 0.6) is 0 Å². The van der Waals surface area contributed by atoms with Gasteiger partial charge in [0.15, 0.2) is 0 Å². The third-order valence-corrected chi connectivity index (χ3v) is 3.93. The second kappa shape index (κ2) is 4.90. The van der Waals surface area contributed by atoms with Gasteiger partial charge in [0, 0.05) is 16.5 Å². The van der Waals surface area contributed by atoms with Crippen LogP contribution in [0.25, 0.3) is 32.8 Å². The van der Waals surface area contributed by atoms with Gasteiger partial charge in [0.25, 0.3) is 0 Å². The van der Waals surface area contributed by atoms with E-state index in [1.54, 1.807) is 0 Å². The number of H-pyrrole nitrogens is 1. The molecule has 2 aromatic heterocycles. The van der Waals surface area contributed by atoms with Crippen LogP contribution in [-0.4, -0.2) is 4.98 Å². The van der Waals surface area contributed by atoms with Crippen molar-refractivity contribution in [3.05, 3.63) is 53.6 Å². The largest absolute Gasteiger partial charge is 1.00 e. The van der Waals surface area contributed by atoms with Gasteiger partial charge >= 0.3 is 0 Å². The number of halogens is 2. The highest BCUT2D eigenvalue weighted by atomic mass is 127. The number of aromatic amines is 1. The van der Waals surface area contributed by atoms with Crippen molar-refractivity contribution in [2.24, 2.45) is 7.05 Å². The Balaban J connectivity index is 0.00000121. The first kappa shape index (κ1) is 13.6. The lowest BCUT2D eigenvalue weighted by Gasteiger charge is -1.99. The molecule has 0 aliphatic heterocycles. The summed E-state index contributed by atoms with van der Waals surface area (Å²) in [4.78, 5) is 3.47. The summed E-state index contributed by atoms with van der Waals surface area (Å²) in [6.45, 7) is 0. The fourth-order valence-corrected chi connectivity index (χ4v) is 3.02. The minimum atomic E-state index is 0. The maximum atomic E-state index is 6.08. The van der Waals surface area contributed by atoms with Crippen LogP contribution in [0.2, 0.25) is 5.02 Å². The third-order valence-electron chi connectivity index (χ3n) is 3.69. The third kappa shape index (κ3) is 1.88. The van der Waals surface area contributed by atoms with Crippen LogP contribution in [0.3, 0.4) is 0 Å². The molecule has 0 atom stereocenters. The smallest absolute Gasteiger partial charge is 0.238 e. The lowest BCUT2D eigenvalue weighted by atomic mass is 10.1. The van der Waals surface area contributed by atoms with E-state index in [9.17, 15) is 0 Å². The number of hydrogen-bond donors (Lipinski definition) is 1. The number of para-hydroxylation sites is 1. The Morgan fingerprint density at radius 2 is 1.80 bits per heavy atom. The topological polar surface area (TPSA) is 19.7 Å². The molecule has 4 heteroatoms. The summed E-state index contributed by atoms with van der Waals surface area (Å²) in [6, 6.07) is 16.5. The molecule has 4 rings (SSSR count). The van der Waals surface area contributed by atoms with E-state index in [0.29, 0.717) is 0 Å². The summed E-state index contributed by atoms with van der Waals surface area (Å²) in [5.74, 6) is 0. The molecule has 0 radical (unpaired) electrons. The van der Waals surface area contributed by atoms with Crippen LogP contribution in [0.4, 0.5) is 0 Å². The first-order chi connectivity index (χ1) is 9.24. The molecule has 0 unspecified atom stereocenters. The highest BCUT2D eigenvalue weighted by Crippen LogP contribution is 2.26. The van der Waals surface area contributed by atoms with E-state index in [4.69, 9.17) is 11.6 Å². The standard InChI is InChI=1S/C16H11ClN2.HI/c1-19-15-7-6-11(17)8-10(15)9-14-16(19)12-4-2-3-5-13(12)18-14;/h2-9H,1H3;1H. The number of nitrogens with zero attached hydrogens (tertiary/aromatic N) is 1. The van der Waals surface area contributed by atoms with E-state index in [0.717, 1.165) is 21.4 Å². The lowest BCUT2D eigenvalue weighted by molar-refractivity contribution is -0.616. The van der Waals surface area contributed by atoms with Crippen LogP contribution in [-0.2, 0) is 7.05 Å². The Kier molecular flexibility index (Phi) is 3.34. The summed E-state index contributed by atoms with van der Waals surface area (Å²) >= 11 is 6.08. The van der Waals surface area contributed by atoms with E-state index < -0.39 is 0 Å². The molecule has 0 saturated carbocycles. The average molecular weight is 395 g/mol. The second-order valence-electron chi connectivity index (χ2n) is 4.84. The Hall–Kier alpha value is -1.33. The van der Waals surface area contributed by atoms with Crippen LogP contribution >= 0.6 is 11.6 Å². The van der Waals surface area contributed by atoms with Crippen LogP contribution in [0.1, 0.15) is 0 Å². The Morgan fingerprint density at radius 3 is 2.65 bits per heavy atom. The molecule has 1 N–H and O–H groups in total. The van der Waals surface area contributed by atoms with Gasteiger partial charge in [-0.15, -0.1) is 0 Å². The highest BCUT2D eigenvalue weighted by Gasteiger charge is 2.16. The minimum absolute atomic E-state index is 0. The minimum Gasteiger partial charge on any atom is -1.00 e. The van der Waals surface area contributed by atoms with Gasteiger partial charge < -0.3 is 29.0 Å². The zero-order valence-electron chi connectivity index (χ0n) is 10.8. The van der Waals surface area contributed by atoms with Crippen molar-refractivity contribution >= 4 is 44.4 Å². The fraction of sp³-hybridized carbons (Fsp3) is 0.0625. The van der Waals surface area contributed by atoms with Crippen molar-refractivity contribution in [1.82, 2.24) is 4.98 Å². The molecule has 0 aliphatic carbocycles. The Bertz CT molecular complexity index is 943. The van der Waals surface area contributed by atoms with Crippen molar-refractivity contribution in [1.29, 1.82) is 0 Å². The molecule has 0 aliphatic rings. The van der Waals surface area contributed by atoms with Gasteiger partial charge in [-0.25, -0.2) is 0 Å². The van der Waals surface area contributed by atoms with Gasteiger partial charge in [0.1, 0.15) is 12.6 Å². The normalized spacial score (nSPS) is 11.1. The quantitative estimate of drug-likeness (QED) is 0.339. The molecular weight excluding hydrogens is 383 g/mol. The number of pyridine rings is 1. The number of rotatable bonds is 0. The molecule has 2 aromatic carbocycles. The summed E-state index contributed by atoms with van der Waals surface area (Å²) in [5.41, 5.74) is 4.71. The summed E-state index contributed by atoms with van der Waals surface area (Å²) in [7, 11) is 2.10. The molecule has 0 amide bonds. The highest BCUT2D eigenvalue weighted by molar-refractivity contribution is 6.31. The van der Waals surface area contributed by atoms with E-state index in [1.807, 2.05) is 18.2 Å². The summed E-state index contributed by atoms with van der Waals surface area (Å²) in [6.07, 6.45) is 0. The van der Waals surface area contributed by atoms with Crippen LogP contribution in [0.15, 0.2) is 48.5 Å². The van der Waals surface area contributed by atoms with E-state index in [2.05, 4.69) is 46.9 Å². The molecule has 100 valence electrons. The van der Waals surface area contributed by atoms with Gasteiger partial charge in [-0.1, -0.05) is 23.7 Å². The molecule has 0 bridgehead atoms. The SMILES string of the molecule is C[n+]1c2ccc(Cl)cc2cc2[nH]c3ccccc3c21.[I-]. The first-order valence-corrected chi connectivity index (χ1v) is 6.60. The van der Waals surface area contributed by atoms with Gasteiger partial charge in [-0.05, 0) is 30.3 Å². The fourth-order valence-electron chi connectivity index (χ4n) is 2.84. The lowest BCUT2D eigenvalue weighted by Crippen LogP contribution is -3.00. The molecule has 2 heterocycles. The zero-order chi connectivity index (χ0) is 13.0. The van der Waals surface area contributed by atoms with Crippen molar-refractivity contribution in [3.63, 3.8) is 0 Å². The van der Waals surface area contributed by atoms with E-state index in [-0.39, 0.29) is 24.0 Å². The van der Waals surface area contributed by atoms with E-state index in [1.165, 1.54) is 16.4 Å². The Morgan fingerprint density at radius 1 is 1.00 bits per heavy atom. The molecular formula is C16H12ClIN2. The summed E-state index contributed by atoms with van der Waals surface area (Å²) < 4.78 is 2.22. The predicted molar refractivity (Wildman–Crippen MR) is 79.5 cm³/mol. The maximum Gasteiger partial charge on any atom is 0.238 e.